The lowest BCUT2D eigenvalue weighted by atomic mass is 10.1. The van der Waals surface area contributed by atoms with Gasteiger partial charge >= 0.3 is 0 Å². The Labute approximate surface area is 114 Å². The van der Waals surface area contributed by atoms with E-state index in [9.17, 15) is 9.18 Å². The van der Waals surface area contributed by atoms with E-state index < -0.39 is 5.82 Å². The molecule has 4 heteroatoms. The van der Waals surface area contributed by atoms with Crippen LogP contribution in [-0.2, 0) is 0 Å². The van der Waals surface area contributed by atoms with E-state index in [1.165, 1.54) is 18.2 Å². The minimum atomic E-state index is -0.475. The Hall–Kier alpha value is -1.58. The van der Waals surface area contributed by atoms with Gasteiger partial charge in [-0.2, -0.15) is 0 Å². The van der Waals surface area contributed by atoms with Crippen LogP contribution in [0.3, 0.4) is 0 Å². The summed E-state index contributed by atoms with van der Waals surface area (Å²) in [7, 11) is 0. The Balaban J connectivity index is 2.97. The number of hydrogen-bond donors (Lipinski definition) is 1. The zero-order valence-corrected chi connectivity index (χ0v) is 12.1. The van der Waals surface area contributed by atoms with Crippen molar-refractivity contribution in [2.45, 2.75) is 27.7 Å². The van der Waals surface area contributed by atoms with Crippen LogP contribution in [0.2, 0.25) is 0 Å². The molecule has 0 aliphatic carbocycles. The fourth-order valence-electron chi connectivity index (χ4n) is 2.04. The van der Waals surface area contributed by atoms with Gasteiger partial charge < -0.3 is 10.6 Å². The molecule has 1 aromatic rings. The Bertz CT molecular complexity index is 414. The van der Waals surface area contributed by atoms with Crippen molar-refractivity contribution < 1.29 is 9.18 Å². The highest BCUT2D eigenvalue weighted by atomic mass is 19.1. The molecule has 0 aliphatic heterocycles. The average molecular weight is 266 g/mol. The smallest absolute Gasteiger partial charge is 0.254 e. The van der Waals surface area contributed by atoms with E-state index in [2.05, 4.69) is 27.7 Å². The molecule has 19 heavy (non-hydrogen) atoms. The first-order chi connectivity index (χ1) is 8.79. The molecule has 0 radical (unpaired) electrons. The number of carbonyl (C=O) groups excluding carboxylic acids is 1. The van der Waals surface area contributed by atoms with Gasteiger partial charge in [0.05, 0.1) is 0 Å². The molecular formula is C15H23FN2O. The van der Waals surface area contributed by atoms with Crippen molar-refractivity contribution in [1.29, 1.82) is 0 Å². The van der Waals surface area contributed by atoms with Gasteiger partial charge in [0.2, 0.25) is 0 Å². The minimum Gasteiger partial charge on any atom is -0.399 e. The number of nitrogens with zero attached hydrogens (tertiary/aromatic N) is 1. The van der Waals surface area contributed by atoms with E-state index in [1.54, 1.807) is 4.90 Å². The van der Waals surface area contributed by atoms with Gasteiger partial charge in [-0.15, -0.1) is 0 Å². The summed E-state index contributed by atoms with van der Waals surface area (Å²) in [5, 5.41) is 0. The summed E-state index contributed by atoms with van der Waals surface area (Å²) >= 11 is 0. The van der Waals surface area contributed by atoms with Crippen molar-refractivity contribution in [2.75, 3.05) is 18.8 Å². The van der Waals surface area contributed by atoms with Crippen LogP contribution >= 0.6 is 0 Å². The summed E-state index contributed by atoms with van der Waals surface area (Å²) in [5.41, 5.74) is 6.18. The standard InChI is InChI=1S/C15H23FN2O/c1-10(2)8-18(9-11(3)4)15(19)12-5-13(16)7-14(17)6-12/h5-7,10-11H,8-9,17H2,1-4H3. The number of anilines is 1. The van der Waals surface area contributed by atoms with Gasteiger partial charge in [0.1, 0.15) is 5.82 Å². The van der Waals surface area contributed by atoms with Gasteiger partial charge in [-0.1, -0.05) is 27.7 Å². The molecule has 1 aromatic carbocycles. The zero-order valence-electron chi connectivity index (χ0n) is 12.1. The van der Waals surface area contributed by atoms with Crippen molar-refractivity contribution >= 4 is 11.6 Å². The first kappa shape index (κ1) is 15.5. The molecule has 2 N–H and O–H groups in total. The van der Waals surface area contributed by atoms with Crippen LogP contribution < -0.4 is 5.73 Å². The highest BCUT2D eigenvalue weighted by Gasteiger charge is 2.18. The van der Waals surface area contributed by atoms with Crippen molar-refractivity contribution in [3.05, 3.63) is 29.6 Å². The second-order valence-corrected chi connectivity index (χ2v) is 5.77. The van der Waals surface area contributed by atoms with Crippen LogP contribution in [0.5, 0.6) is 0 Å². The molecule has 0 bridgehead atoms. The molecule has 3 nitrogen and oxygen atoms in total. The summed E-state index contributed by atoms with van der Waals surface area (Å²) < 4.78 is 13.3. The van der Waals surface area contributed by atoms with Crippen LogP contribution in [0, 0.1) is 17.7 Å². The second kappa shape index (κ2) is 6.55. The zero-order chi connectivity index (χ0) is 14.6. The summed E-state index contributed by atoms with van der Waals surface area (Å²) in [6, 6.07) is 3.98. The van der Waals surface area contributed by atoms with Crippen LogP contribution in [0.4, 0.5) is 10.1 Å². The van der Waals surface area contributed by atoms with Gasteiger partial charge in [0.15, 0.2) is 0 Å². The van der Waals surface area contributed by atoms with Gasteiger partial charge in [-0.25, -0.2) is 4.39 Å². The number of carbonyl (C=O) groups is 1. The monoisotopic (exact) mass is 266 g/mol. The molecule has 1 amide bonds. The normalized spacial score (nSPS) is 11.1. The molecule has 1 rings (SSSR count). The fourth-order valence-corrected chi connectivity index (χ4v) is 2.04. The maximum absolute atomic E-state index is 13.3. The molecule has 0 aliphatic rings. The van der Waals surface area contributed by atoms with E-state index in [-0.39, 0.29) is 11.6 Å². The lowest BCUT2D eigenvalue weighted by Crippen LogP contribution is -2.37. The third-order valence-electron chi connectivity index (χ3n) is 2.63. The first-order valence-corrected chi connectivity index (χ1v) is 6.65. The Morgan fingerprint density at radius 3 is 2.11 bits per heavy atom. The minimum absolute atomic E-state index is 0.159. The van der Waals surface area contributed by atoms with Crippen molar-refractivity contribution in [1.82, 2.24) is 4.90 Å². The molecule has 0 atom stereocenters. The molecule has 0 fully saturated rings. The van der Waals surface area contributed by atoms with Crippen LogP contribution in [-0.4, -0.2) is 23.9 Å². The van der Waals surface area contributed by atoms with E-state index >= 15 is 0 Å². The summed E-state index contributed by atoms with van der Waals surface area (Å²) in [5.74, 6) is 0.105. The van der Waals surface area contributed by atoms with Crippen LogP contribution in [0.25, 0.3) is 0 Å². The third-order valence-corrected chi connectivity index (χ3v) is 2.63. The molecule has 0 saturated heterocycles. The maximum atomic E-state index is 13.3. The lowest BCUT2D eigenvalue weighted by molar-refractivity contribution is 0.0714. The SMILES string of the molecule is CC(C)CN(CC(C)C)C(=O)c1cc(N)cc(F)c1. The second-order valence-electron chi connectivity index (χ2n) is 5.77. The molecule has 0 aromatic heterocycles. The quantitative estimate of drug-likeness (QED) is 0.832. The molecule has 0 spiro atoms. The van der Waals surface area contributed by atoms with Crippen molar-refractivity contribution in [3.63, 3.8) is 0 Å². The number of nitrogen functional groups attached to an aromatic ring is 1. The van der Waals surface area contributed by atoms with Gasteiger partial charge in [0, 0.05) is 24.3 Å². The van der Waals surface area contributed by atoms with E-state index in [0.717, 1.165) is 0 Å². The van der Waals surface area contributed by atoms with Crippen LogP contribution in [0.15, 0.2) is 18.2 Å². The number of amides is 1. The molecule has 0 unspecified atom stereocenters. The number of benzene rings is 1. The number of halogens is 1. The van der Waals surface area contributed by atoms with E-state index in [1.807, 2.05) is 0 Å². The fraction of sp³-hybridized carbons (Fsp3) is 0.533. The van der Waals surface area contributed by atoms with Crippen molar-refractivity contribution in [2.24, 2.45) is 11.8 Å². The Morgan fingerprint density at radius 2 is 1.68 bits per heavy atom. The molecular weight excluding hydrogens is 243 g/mol. The Kier molecular flexibility index (Phi) is 5.33. The number of hydrogen-bond acceptors (Lipinski definition) is 2. The molecule has 0 saturated carbocycles. The topological polar surface area (TPSA) is 46.3 Å². The molecule has 0 heterocycles. The molecule has 106 valence electrons. The summed E-state index contributed by atoms with van der Waals surface area (Å²) in [4.78, 5) is 14.2. The Morgan fingerprint density at radius 1 is 1.16 bits per heavy atom. The average Bonchev–Trinajstić information content (AvgIpc) is 2.24. The lowest BCUT2D eigenvalue weighted by Gasteiger charge is -2.26. The summed E-state index contributed by atoms with van der Waals surface area (Å²) in [6.07, 6.45) is 0. The number of nitrogens with two attached hydrogens (primary N) is 1. The van der Waals surface area contributed by atoms with E-state index in [4.69, 9.17) is 5.73 Å². The first-order valence-electron chi connectivity index (χ1n) is 6.65. The predicted octanol–water partition coefficient (Wildman–Crippen LogP) is 3.16. The number of rotatable bonds is 5. The maximum Gasteiger partial charge on any atom is 0.254 e. The third kappa shape index (κ3) is 4.89. The highest BCUT2D eigenvalue weighted by molar-refractivity contribution is 5.95. The predicted molar refractivity (Wildman–Crippen MR) is 76.4 cm³/mol. The van der Waals surface area contributed by atoms with Gasteiger partial charge in [-0.3, -0.25) is 4.79 Å². The van der Waals surface area contributed by atoms with E-state index in [0.29, 0.717) is 30.5 Å². The summed E-state index contributed by atoms with van der Waals surface area (Å²) in [6.45, 7) is 9.54. The largest absolute Gasteiger partial charge is 0.399 e. The highest BCUT2D eigenvalue weighted by Crippen LogP contribution is 2.15. The van der Waals surface area contributed by atoms with Crippen LogP contribution in [0.1, 0.15) is 38.1 Å². The van der Waals surface area contributed by atoms with Gasteiger partial charge in [0.25, 0.3) is 5.91 Å². The van der Waals surface area contributed by atoms with Crippen molar-refractivity contribution in [3.8, 4) is 0 Å². The van der Waals surface area contributed by atoms with Gasteiger partial charge in [-0.05, 0) is 30.0 Å².